The van der Waals surface area contributed by atoms with E-state index < -0.39 is 11.6 Å². The van der Waals surface area contributed by atoms with Crippen LogP contribution in [0.3, 0.4) is 0 Å². The number of halogens is 3. The monoisotopic (exact) mass is 357 g/mol. The lowest BCUT2D eigenvalue weighted by atomic mass is 10.3. The highest BCUT2D eigenvalue weighted by Crippen LogP contribution is 2.25. The van der Waals surface area contributed by atoms with E-state index >= 15 is 0 Å². The van der Waals surface area contributed by atoms with Crippen molar-refractivity contribution in [2.24, 2.45) is 0 Å². The third kappa shape index (κ3) is 4.60. The van der Waals surface area contributed by atoms with E-state index in [2.05, 4.69) is 15.9 Å². The molecule has 0 heterocycles. The molecule has 0 amide bonds. The lowest BCUT2D eigenvalue weighted by Crippen LogP contribution is -2.06. The zero-order chi connectivity index (χ0) is 15.2. The van der Waals surface area contributed by atoms with Crippen LogP contribution in [0.15, 0.2) is 40.9 Å². The standard InChI is InChI=1S/C15H14BrF2NO2/c16-10-8-13(17)15(18)14(9-10)21-7-1-6-20-12-4-2-11(19)3-5-12/h2-5,8-9H,1,6-7,19H2. The molecule has 0 atom stereocenters. The number of anilines is 1. The number of rotatable bonds is 6. The maximum Gasteiger partial charge on any atom is 0.200 e. The average Bonchev–Trinajstić information content (AvgIpc) is 2.45. The van der Waals surface area contributed by atoms with Crippen LogP contribution in [0, 0.1) is 11.6 Å². The van der Waals surface area contributed by atoms with Gasteiger partial charge in [-0.15, -0.1) is 0 Å². The molecule has 0 saturated heterocycles. The lowest BCUT2D eigenvalue weighted by Gasteiger charge is -2.09. The molecular formula is C15H14BrF2NO2. The normalized spacial score (nSPS) is 10.4. The van der Waals surface area contributed by atoms with Crippen molar-refractivity contribution in [3.8, 4) is 11.5 Å². The Balaban J connectivity index is 1.76. The highest BCUT2D eigenvalue weighted by molar-refractivity contribution is 9.10. The van der Waals surface area contributed by atoms with Gasteiger partial charge in [-0.1, -0.05) is 15.9 Å². The molecule has 0 aromatic heterocycles. The first-order chi connectivity index (χ1) is 10.1. The van der Waals surface area contributed by atoms with Gasteiger partial charge in [-0.3, -0.25) is 0 Å². The zero-order valence-corrected chi connectivity index (χ0v) is 12.7. The Morgan fingerprint density at radius 1 is 1.00 bits per heavy atom. The maximum absolute atomic E-state index is 13.4. The van der Waals surface area contributed by atoms with Crippen molar-refractivity contribution in [2.75, 3.05) is 18.9 Å². The number of hydrogen-bond acceptors (Lipinski definition) is 3. The Kier molecular flexibility index (Phi) is 5.38. The first-order valence-corrected chi connectivity index (χ1v) is 7.11. The molecule has 0 bridgehead atoms. The van der Waals surface area contributed by atoms with Gasteiger partial charge in [0.2, 0.25) is 5.82 Å². The second kappa shape index (κ2) is 7.26. The van der Waals surface area contributed by atoms with Gasteiger partial charge in [-0.25, -0.2) is 4.39 Å². The smallest absolute Gasteiger partial charge is 0.200 e. The van der Waals surface area contributed by atoms with E-state index in [-0.39, 0.29) is 12.4 Å². The molecule has 3 nitrogen and oxygen atoms in total. The van der Waals surface area contributed by atoms with E-state index in [1.165, 1.54) is 6.07 Å². The molecule has 2 aromatic carbocycles. The van der Waals surface area contributed by atoms with Crippen LogP contribution in [-0.4, -0.2) is 13.2 Å². The van der Waals surface area contributed by atoms with Crippen LogP contribution in [0.2, 0.25) is 0 Å². The van der Waals surface area contributed by atoms with Crippen LogP contribution in [0.5, 0.6) is 11.5 Å². The molecule has 0 spiro atoms. The fraction of sp³-hybridized carbons (Fsp3) is 0.200. The highest BCUT2D eigenvalue weighted by atomic mass is 79.9. The van der Waals surface area contributed by atoms with Crippen molar-refractivity contribution in [2.45, 2.75) is 6.42 Å². The summed E-state index contributed by atoms with van der Waals surface area (Å²) >= 11 is 3.08. The number of nitrogens with two attached hydrogens (primary N) is 1. The van der Waals surface area contributed by atoms with Gasteiger partial charge in [0, 0.05) is 16.6 Å². The summed E-state index contributed by atoms with van der Waals surface area (Å²) in [4.78, 5) is 0. The zero-order valence-electron chi connectivity index (χ0n) is 11.1. The molecule has 6 heteroatoms. The third-order valence-electron chi connectivity index (χ3n) is 2.65. The lowest BCUT2D eigenvalue weighted by molar-refractivity contribution is 0.239. The third-order valence-corrected chi connectivity index (χ3v) is 3.11. The Labute approximate surface area is 129 Å². The molecule has 0 aliphatic heterocycles. The van der Waals surface area contributed by atoms with E-state index in [0.29, 0.717) is 28.9 Å². The molecule has 0 aliphatic rings. The average molecular weight is 358 g/mol. The fourth-order valence-electron chi connectivity index (χ4n) is 1.63. The minimum atomic E-state index is -0.988. The fourth-order valence-corrected chi connectivity index (χ4v) is 2.04. The second-order valence-corrected chi connectivity index (χ2v) is 5.23. The Bertz CT molecular complexity index is 605. The Morgan fingerprint density at radius 3 is 2.38 bits per heavy atom. The van der Waals surface area contributed by atoms with Crippen LogP contribution in [0.4, 0.5) is 14.5 Å². The SMILES string of the molecule is Nc1ccc(OCCCOc2cc(Br)cc(F)c2F)cc1. The van der Waals surface area contributed by atoms with Gasteiger partial charge < -0.3 is 15.2 Å². The van der Waals surface area contributed by atoms with E-state index in [1.807, 2.05) is 0 Å². The quantitative estimate of drug-likeness (QED) is 0.479. The Morgan fingerprint density at radius 2 is 1.67 bits per heavy atom. The predicted octanol–water partition coefficient (Wildman–Crippen LogP) is 4.16. The summed E-state index contributed by atoms with van der Waals surface area (Å²) in [6.45, 7) is 0.629. The van der Waals surface area contributed by atoms with Crippen molar-refractivity contribution in [3.05, 3.63) is 52.5 Å². The van der Waals surface area contributed by atoms with Crippen molar-refractivity contribution >= 4 is 21.6 Å². The minimum absolute atomic E-state index is 0.116. The summed E-state index contributed by atoms with van der Waals surface area (Å²) < 4.78 is 37.7. The first-order valence-electron chi connectivity index (χ1n) is 6.32. The van der Waals surface area contributed by atoms with E-state index in [0.717, 1.165) is 6.07 Å². The summed E-state index contributed by atoms with van der Waals surface area (Å²) in [5.41, 5.74) is 6.23. The molecule has 112 valence electrons. The molecule has 2 rings (SSSR count). The summed E-state index contributed by atoms with van der Waals surface area (Å²) in [6.07, 6.45) is 0.540. The van der Waals surface area contributed by atoms with Gasteiger partial charge in [-0.2, -0.15) is 4.39 Å². The summed E-state index contributed by atoms with van der Waals surface area (Å²) in [6, 6.07) is 9.45. The van der Waals surface area contributed by atoms with Crippen LogP contribution in [-0.2, 0) is 0 Å². The number of ether oxygens (including phenoxy) is 2. The largest absolute Gasteiger partial charge is 0.493 e. The summed E-state index contributed by atoms with van der Waals surface area (Å²) in [5, 5.41) is 0. The van der Waals surface area contributed by atoms with Crippen LogP contribution in [0.1, 0.15) is 6.42 Å². The molecule has 0 aliphatic carbocycles. The van der Waals surface area contributed by atoms with Crippen molar-refractivity contribution in [1.82, 2.24) is 0 Å². The molecule has 2 aromatic rings. The van der Waals surface area contributed by atoms with Crippen molar-refractivity contribution < 1.29 is 18.3 Å². The van der Waals surface area contributed by atoms with E-state index in [1.54, 1.807) is 24.3 Å². The van der Waals surface area contributed by atoms with Gasteiger partial charge in [-0.05, 0) is 36.4 Å². The topological polar surface area (TPSA) is 44.5 Å². The predicted molar refractivity (Wildman–Crippen MR) is 80.5 cm³/mol. The first kappa shape index (κ1) is 15.6. The second-order valence-electron chi connectivity index (χ2n) is 4.32. The minimum Gasteiger partial charge on any atom is -0.493 e. The molecule has 21 heavy (non-hydrogen) atoms. The molecule has 0 saturated carbocycles. The molecule has 0 unspecified atom stereocenters. The van der Waals surface area contributed by atoms with Gasteiger partial charge >= 0.3 is 0 Å². The van der Waals surface area contributed by atoms with Gasteiger partial charge in [0.15, 0.2) is 11.6 Å². The number of nitrogen functional groups attached to an aromatic ring is 1. The maximum atomic E-state index is 13.4. The molecule has 0 radical (unpaired) electrons. The van der Waals surface area contributed by atoms with Crippen LogP contribution >= 0.6 is 15.9 Å². The van der Waals surface area contributed by atoms with Crippen molar-refractivity contribution in [1.29, 1.82) is 0 Å². The van der Waals surface area contributed by atoms with Crippen LogP contribution < -0.4 is 15.2 Å². The summed E-state index contributed by atoms with van der Waals surface area (Å²) in [7, 11) is 0. The van der Waals surface area contributed by atoms with Gasteiger partial charge in [0.1, 0.15) is 5.75 Å². The van der Waals surface area contributed by atoms with Crippen LogP contribution in [0.25, 0.3) is 0 Å². The number of benzene rings is 2. The van der Waals surface area contributed by atoms with E-state index in [4.69, 9.17) is 15.2 Å². The molecule has 0 fully saturated rings. The summed E-state index contributed by atoms with van der Waals surface area (Å²) in [5.74, 6) is -1.35. The number of hydrogen-bond donors (Lipinski definition) is 1. The van der Waals surface area contributed by atoms with Crippen molar-refractivity contribution in [3.63, 3.8) is 0 Å². The van der Waals surface area contributed by atoms with Gasteiger partial charge in [0.05, 0.1) is 13.2 Å². The Hall–Kier alpha value is -1.82. The highest BCUT2D eigenvalue weighted by Gasteiger charge is 2.11. The van der Waals surface area contributed by atoms with E-state index in [9.17, 15) is 8.78 Å². The molecular weight excluding hydrogens is 344 g/mol. The van der Waals surface area contributed by atoms with Gasteiger partial charge in [0.25, 0.3) is 0 Å². The molecule has 2 N–H and O–H groups in total.